The molecule has 1 aromatic heterocycles. The van der Waals surface area contributed by atoms with E-state index in [2.05, 4.69) is 15.5 Å². The number of hydrogen-bond donors (Lipinski definition) is 1. The van der Waals surface area contributed by atoms with Gasteiger partial charge in [-0.1, -0.05) is 25.1 Å². The molecule has 1 amide bonds. The Morgan fingerprint density at radius 2 is 2.09 bits per heavy atom. The van der Waals surface area contributed by atoms with Crippen molar-refractivity contribution >= 4 is 5.91 Å². The lowest BCUT2D eigenvalue weighted by Crippen LogP contribution is -2.28. The molecule has 0 unspecified atom stereocenters. The standard InChI is InChI=1S/C16H20FN3O2/c1-9(2)15-19-16(22-20-15)11(4)18-14(21)8-12-7-13(17)6-5-10(12)3/h5-7,9,11H,8H2,1-4H3,(H,18,21)/t11-/m1/s1. The van der Waals surface area contributed by atoms with Crippen molar-refractivity contribution in [2.45, 2.75) is 46.1 Å². The fraction of sp³-hybridized carbons (Fsp3) is 0.438. The molecule has 6 heteroatoms. The number of nitrogens with zero attached hydrogens (tertiary/aromatic N) is 2. The first kappa shape index (κ1) is 16.1. The number of benzene rings is 1. The van der Waals surface area contributed by atoms with Crippen LogP contribution in [0.1, 0.15) is 55.6 Å². The lowest BCUT2D eigenvalue weighted by atomic mass is 10.1. The van der Waals surface area contributed by atoms with Crippen molar-refractivity contribution in [3.8, 4) is 0 Å². The van der Waals surface area contributed by atoms with E-state index in [1.54, 1.807) is 13.0 Å². The second-order valence-electron chi connectivity index (χ2n) is 5.68. The Kier molecular flexibility index (Phi) is 4.90. The summed E-state index contributed by atoms with van der Waals surface area (Å²) in [6.07, 6.45) is 0.110. The van der Waals surface area contributed by atoms with Crippen molar-refractivity contribution in [1.29, 1.82) is 0 Å². The molecule has 118 valence electrons. The summed E-state index contributed by atoms with van der Waals surface area (Å²) in [5.74, 6) is 0.575. The molecule has 0 bridgehead atoms. The molecule has 1 aromatic carbocycles. The highest BCUT2D eigenvalue weighted by Gasteiger charge is 2.18. The van der Waals surface area contributed by atoms with Crippen molar-refractivity contribution < 1.29 is 13.7 Å². The third-order valence-electron chi connectivity index (χ3n) is 3.38. The van der Waals surface area contributed by atoms with Crippen LogP contribution in [0.25, 0.3) is 0 Å². The number of aromatic nitrogens is 2. The Morgan fingerprint density at radius 3 is 2.73 bits per heavy atom. The van der Waals surface area contributed by atoms with E-state index in [-0.39, 0.29) is 30.1 Å². The molecule has 1 N–H and O–H groups in total. The predicted molar refractivity (Wildman–Crippen MR) is 79.8 cm³/mol. The summed E-state index contributed by atoms with van der Waals surface area (Å²) in [6.45, 7) is 7.54. The zero-order valence-electron chi connectivity index (χ0n) is 13.2. The average molecular weight is 305 g/mol. The summed E-state index contributed by atoms with van der Waals surface area (Å²) in [5, 5.41) is 6.65. The van der Waals surface area contributed by atoms with E-state index in [1.165, 1.54) is 12.1 Å². The average Bonchev–Trinajstić information content (AvgIpc) is 2.93. The van der Waals surface area contributed by atoms with Gasteiger partial charge in [-0.25, -0.2) is 4.39 Å². The minimum absolute atomic E-state index is 0.110. The summed E-state index contributed by atoms with van der Waals surface area (Å²) in [6, 6.07) is 4.03. The summed E-state index contributed by atoms with van der Waals surface area (Å²) >= 11 is 0. The van der Waals surface area contributed by atoms with E-state index >= 15 is 0 Å². The second-order valence-corrected chi connectivity index (χ2v) is 5.68. The summed E-state index contributed by atoms with van der Waals surface area (Å²) in [5.41, 5.74) is 1.54. The first-order valence-corrected chi connectivity index (χ1v) is 7.24. The van der Waals surface area contributed by atoms with Gasteiger partial charge in [0.05, 0.1) is 6.42 Å². The maximum Gasteiger partial charge on any atom is 0.248 e. The van der Waals surface area contributed by atoms with Gasteiger partial charge in [0.2, 0.25) is 11.8 Å². The van der Waals surface area contributed by atoms with Gasteiger partial charge in [-0.05, 0) is 37.1 Å². The van der Waals surface area contributed by atoms with Gasteiger partial charge in [-0.15, -0.1) is 0 Å². The number of nitrogens with one attached hydrogen (secondary N) is 1. The van der Waals surface area contributed by atoms with Gasteiger partial charge in [0, 0.05) is 5.92 Å². The number of halogens is 1. The Morgan fingerprint density at radius 1 is 1.36 bits per heavy atom. The molecule has 1 atom stereocenters. The van der Waals surface area contributed by atoms with Gasteiger partial charge in [0.25, 0.3) is 0 Å². The molecule has 0 spiro atoms. The van der Waals surface area contributed by atoms with Crippen molar-refractivity contribution in [2.24, 2.45) is 0 Å². The van der Waals surface area contributed by atoms with E-state index in [4.69, 9.17) is 4.52 Å². The summed E-state index contributed by atoms with van der Waals surface area (Å²) in [4.78, 5) is 16.3. The molecule has 2 aromatic rings. The number of amides is 1. The van der Waals surface area contributed by atoms with Gasteiger partial charge in [0.1, 0.15) is 11.9 Å². The minimum atomic E-state index is -0.388. The van der Waals surface area contributed by atoms with Crippen LogP contribution in [0, 0.1) is 12.7 Å². The number of carbonyl (C=O) groups is 1. The van der Waals surface area contributed by atoms with Crippen LogP contribution in [0.5, 0.6) is 0 Å². The van der Waals surface area contributed by atoms with Crippen LogP contribution in [-0.2, 0) is 11.2 Å². The molecular weight excluding hydrogens is 285 g/mol. The SMILES string of the molecule is Cc1ccc(F)cc1CC(=O)N[C@H](C)c1nc(C(C)C)no1. The Bertz CT molecular complexity index is 667. The molecule has 0 aliphatic carbocycles. The van der Waals surface area contributed by atoms with Gasteiger partial charge < -0.3 is 9.84 Å². The maximum absolute atomic E-state index is 13.2. The molecule has 0 fully saturated rings. The quantitative estimate of drug-likeness (QED) is 0.922. The molecule has 0 aliphatic rings. The predicted octanol–water partition coefficient (Wildman–Crippen LogP) is 3.06. The lowest BCUT2D eigenvalue weighted by molar-refractivity contribution is -0.121. The van der Waals surface area contributed by atoms with Crippen LogP contribution in [0.3, 0.4) is 0 Å². The van der Waals surface area contributed by atoms with Gasteiger partial charge in [-0.2, -0.15) is 4.98 Å². The Hall–Kier alpha value is -2.24. The Balaban J connectivity index is 2.00. The van der Waals surface area contributed by atoms with E-state index in [0.29, 0.717) is 17.3 Å². The first-order valence-electron chi connectivity index (χ1n) is 7.24. The van der Waals surface area contributed by atoms with Crippen molar-refractivity contribution in [2.75, 3.05) is 0 Å². The molecule has 0 radical (unpaired) electrons. The van der Waals surface area contributed by atoms with Crippen LogP contribution >= 0.6 is 0 Å². The van der Waals surface area contributed by atoms with Gasteiger partial charge in [0.15, 0.2) is 5.82 Å². The molecule has 1 heterocycles. The van der Waals surface area contributed by atoms with E-state index in [1.807, 2.05) is 20.8 Å². The van der Waals surface area contributed by atoms with E-state index < -0.39 is 0 Å². The smallest absolute Gasteiger partial charge is 0.248 e. The van der Waals surface area contributed by atoms with Crippen molar-refractivity contribution in [1.82, 2.24) is 15.5 Å². The normalized spacial score (nSPS) is 12.5. The number of aryl methyl sites for hydroxylation is 1. The highest BCUT2D eigenvalue weighted by Crippen LogP contribution is 2.16. The molecular formula is C16H20FN3O2. The summed E-state index contributed by atoms with van der Waals surface area (Å²) < 4.78 is 18.4. The second kappa shape index (κ2) is 6.68. The number of hydrogen-bond acceptors (Lipinski definition) is 4. The molecule has 0 aliphatic heterocycles. The Labute approximate surface area is 128 Å². The monoisotopic (exact) mass is 305 g/mol. The van der Waals surface area contributed by atoms with Crippen LogP contribution in [0.2, 0.25) is 0 Å². The fourth-order valence-corrected chi connectivity index (χ4v) is 2.02. The summed E-state index contributed by atoms with van der Waals surface area (Å²) in [7, 11) is 0. The third-order valence-corrected chi connectivity index (χ3v) is 3.38. The molecule has 22 heavy (non-hydrogen) atoms. The third kappa shape index (κ3) is 3.90. The van der Waals surface area contributed by atoms with Gasteiger partial charge in [-0.3, -0.25) is 4.79 Å². The highest BCUT2D eigenvalue weighted by atomic mass is 19.1. The topological polar surface area (TPSA) is 68.0 Å². The molecule has 5 nitrogen and oxygen atoms in total. The minimum Gasteiger partial charge on any atom is -0.344 e. The number of rotatable bonds is 5. The van der Waals surface area contributed by atoms with Crippen molar-refractivity contribution in [3.05, 3.63) is 46.9 Å². The zero-order chi connectivity index (χ0) is 16.3. The molecule has 0 saturated heterocycles. The van der Waals surface area contributed by atoms with Crippen LogP contribution in [0.15, 0.2) is 22.7 Å². The van der Waals surface area contributed by atoms with Crippen LogP contribution in [-0.4, -0.2) is 16.0 Å². The van der Waals surface area contributed by atoms with Crippen molar-refractivity contribution in [3.63, 3.8) is 0 Å². The van der Waals surface area contributed by atoms with Crippen LogP contribution < -0.4 is 5.32 Å². The van der Waals surface area contributed by atoms with E-state index in [0.717, 1.165) is 5.56 Å². The lowest BCUT2D eigenvalue weighted by Gasteiger charge is -2.11. The maximum atomic E-state index is 13.2. The fourth-order valence-electron chi connectivity index (χ4n) is 2.02. The van der Waals surface area contributed by atoms with Gasteiger partial charge >= 0.3 is 0 Å². The first-order chi connectivity index (χ1) is 10.4. The van der Waals surface area contributed by atoms with E-state index in [9.17, 15) is 9.18 Å². The largest absolute Gasteiger partial charge is 0.344 e. The molecule has 2 rings (SSSR count). The zero-order valence-corrected chi connectivity index (χ0v) is 13.2. The number of carbonyl (C=O) groups excluding carboxylic acids is 1. The molecule has 0 saturated carbocycles. The van der Waals surface area contributed by atoms with Crippen LogP contribution in [0.4, 0.5) is 4.39 Å². The highest BCUT2D eigenvalue weighted by molar-refractivity contribution is 5.79.